The number of benzene rings is 2. The summed E-state index contributed by atoms with van der Waals surface area (Å²) in [6.45, 7) is 0.0340. The lowest BCUT2D eigenvalue weighted by Crippen LogP contribution is -2.36. The number of hydrogen-bond acceptors (Lipinski definition) is 7. The molecular weight excluding hydrogens is 568 g/mol. The average Bonchev–Trinajstić information content (AvgIpc) is 3.70. The highest BCUT2D eigenvalue weighted by Crippen LogP contribution is 2.38. The van der Waals surface area contributed by atoms with Gasteiger partial charge in [-0.15, -0.1) is 12.4 Å². The van der Waals surface area contributed by atoms with Crippen LogP contribution in [-0.4, -0.2) is 61.7 Å². The summed E-state index contributed by atoms with van der Waals surface area (Å²) < 4.78 is 41.9. The second kappa shape index (κ2) is 13.5. The third-order valence-corrected chi connectivity index (χ3v) is 7.52. The van der Waals surface area contributed by atoms with E-state index in [4.69, 9.17) is 9.47 Å². The number of nitrogens with zero attached hydrogens (tertiary/aromatic N) is 3. The van der Waals surface area contributed by atoms with E-state index in [0.717, 1.165) is 29.7 Å². The fourth-order valence-electron chi connectivity index (χ4n) is 4.91. The number of alkyl halides is 2. The fraction of sp³-hybridized carbons (Fsp3) is 0.387. The first-order valence-electron chi connectivity index (χ1n) is 13.6. The molecule has 0 N–H and O–H groups in total. The highest BCUT2D eigenvalue weighted by atomic mass is 35.5. The molecule has 3 aromatic rings. The van der Waals surface area contributed by atoms with E-state index in [-0.39, 0.29) is 47.3 Å². The number of carbonyl (C=O) groups excluding carboxylic acids is 2. The van der Waals surface area contributed by atoms with E-state index >= 15 is 0 Å². The minimum Gasteiger partial charge on any atom is -0.489 e. The van der Waals surface area contributed by atoms with Crippen LogP contribution in [0.4, 0.5) is 14.5 Å². The van der Waals surface area contributed by atoms with E-state index in [9.17, 15) is 18.4 Å². The molecule has 1 saturated carbocycles. The number of anilines is 1. The first-order valence-corrected chi connectivity index (χ1v) is 13.6. The van der Waals surface area contributed by atoms with E-state index in [0.29, 0.717) is 25.5 Å². The molecule has 1 aliphatic carbocycles. The van der Waals surface area contributed by atoms with Gasteiger partial charge in [0.2, 0.25) is 5.88 Å². The Morgan fingerprint density at radius 2 is 1.81 bits per heavy atom. The van der Waals surface area contributed by atoms with Gasteiger partial charge in [-0.2, -0.15) is 8.78 Å². The molecule has 0 spiro atoms. The maximum absolute atomic E-state index is 13.2. The number of ether oxygens (including phenoxy) is 3. The van der Waals surface area contributed by atoms with Crippen LogP contribution in [0.25, 0.3) is 0 Å². The van der Waals surface area contributed by atoms with Crippen molar-refractivity contribution in [3.63, 3.8) is 0 Å². The normalized spacial score (nSPS) is 18.3. The third kappa shape index (κ3) is 7.54. The summed E-state index contributed by atoms with van der Waals surface area (Å²) in [7, 11) is 3.49. The molecule has 2 fully saturated rings. The molecule has 2 atom stereocenters. The molecule has 2 aromatic carbocycles. The van der Waals surface area contributed by atoms with Gasteiger partial charge in [0, 0.05) is 25.3 Å². The highest BCUT2D eigenvalue weighted by Gasteiger charge is 2.37. The van der Waals surface area contributed by atoms with Gasteiger partial charge < -0.3 is 19.1 Å². The molecule has 0 bridgehead atoms. The summed E-state index contributed by atoms with van der Waals surface area (Å²) in [6.07, 6.45) is 2.59. The molecule has 5 rings (SSSR count). The van der Waals surface area contributed by atoms with Crippen molar-refractivity contribution < 1.29 is 32.6 Å². The predicted octanol–water partition coefficient (Wildman–Crippen LogP) is 5.87. The number of halogens is 3. The number of amides is 1. The van der Waals surface area contributed by atoms with Crippen LogP contribution in [-0.2, 0) is 4.79 Å². The Morgan fingerprint density at radius 3 is 2.50 bits per heavy atom. The lowest BCUT2D eigenvalue weighted by Gasteiger charge is -2.18. The van der Waals surface area contributed by atoms with Crippen molar-refractivity contribution >= 4 is 30.0 Å². The summed E-state index contributed by atoms with van der Waals surface area (Å²) >= 11 is 0. The number of pyridine rings is 1. The molecule has 2 aliphatic rings. The quantitative estimate of drug-likeness (QED) is 0.269. The van der Waals surface area contributed by atoms with Gasteiger partial charge in [-0.3, -0.25) is 9.69 Å². The number of esters is 1. The van der Waals surface area contributed by atoms with Crippen LogP contribution < -0.4 is 19.1 Å². The van der Waals surface area contributed by atoms with Crippen molar-refractivity contribution in [3.8, 4) is 17.4 Å². The molecule has 8 nitrogen and oxygen atoms in total. The Morgan fingerprint density at radius 1 is 1.07 bits per heavy atom. The van der Waals surface area contributed by atoms with Gasteiger partial charge in [0.05, 0.1) is 6.61 Å². The van der Waals surface area contributed by atoms with Crippen molar-refractivity contribution in [1.29, 1.82) is 0 Å². The Balaban J connectivity index is 0.00000405. The number of aromatic nitrogens is 1. The summed E-state index contributed by atoms with van der Waals surface area (Å²) in [5.41, 5.74) is 2.82. The summed E-state index contributed by atoms with van der Waals surface area (Å²) in [5, 5.41) is 0. The molecule has 1 amide bonds. The average molecular weight is 602 g/mol. The van der Waals surface area contributed by atoms with Crippen LogP contribution in [0, 0.1) is 12.8 Å². The van der Waals surface area contributed by atoms with Crippen LogP contribution >= 0.6 is 12.4 Å². The zero-order chi connectivity index (χ0) is 29.1. The molecule has 11 heteroatoms. The fourth-order valence-corrected chi connectivity index (χ4v) is 4.91. The van der Waals surface area contributed by atoms with Gasteiger partial charge >= 0.3 is 12.6 Å². The van der Waals surface area contributed by atoms with Crippen molar-refractivity contribution in [3.05, 3.63) is 77.5 Å². The number of rotatable bonds is 10. The topological polar surface area (TPSA) is 81.2 Å². The first kappa shape index (κ1) is 31.2. The minimum atomic E-state index is -2.95. The van der Waals surface area contributed by atoms with E-state index in [1.165, 1.54) is 17.0 Å². The van der Waals surface area contributed by atoms with Crippen molar-refractivity contribution in [2.45, 2.75) is 44.8 Å². The zero-order valence-electron chi connectivity index (χ0n) is 23.7. The third-order valence-electron chi connectivity index (χ3n) is 7.52. The Hall–Kier alpha value is -3.76. The second-order valence-electron chi connectivity index (χ2n) is 10.7. The highest BCUT2D eigenvalue weighted by molar-refractivity contribution is 6.04. The molecule has 42 heavy (non-hydrogen) atoms. The van der Waals surface area contributed by atoms with Gasteiger partial charge in [-0.25, -0.2) is 9.78 Å². The van der Waals surface area contributed by atoms with Crippen LogP contribution in [0.15, 0.2) is 60.7 Å². The Labute approximate surface area is 250 Å². The van der Waals surface area contributed by atoms with Gasteiger partial charge in [-0.05, 0) is 81.0 Å². The largest absolute Gasteiger partial charge is 0.489 e. The first-order chi connectivity index (χ1) is 19.7. The Kier molecular flexibility index (Phi) is 10.0. The van der Waals surface area contributed by atoms with Crippen molar-refractivity contribution in [2.75, 3.05) is 32.1 Å². The van der Waals surface area contributed by atoms with E-state index in [1.54, 1.807) is 31.3 Å². The summed E-state index contributed by atoms with van der Waals surface area (Å²) in [6, 6.07) is 16.7. The zero-order valence-corrected chi connectivity index (χ0v) is 24.5. The lowest BCUT2D eigenvalue weighted by molar-refractivity contribution is -0.139. The standard InChI is InChI=1S/C31H33F2N3O5.ClH/c1-19-7-12-23(13-8-19)36(3)29(37)24-5-4-6-28(34-24)41-30(38)25-15-22(17-35(25)2)21-11-14-26(40-31(32)33)27(16-21)39-18-20-9-10-20;/h4-8,11-14,16,20,22,25,31H,9-10,15,17-18H2,1-3H3;1H/t22?,25-;/m0./s1. The van der Waals surface area contributed by atoms with Crippen molar-refractivity contribution in [1.82, 2.24) is 9.88 Å². The monoisotopic (exact) mass is 601 g/mol. The van der Waals surface area contributed by atoms with Crippen molar-refractivity contribution in [2.24, 2.45) is 5.92 Å². The minimum absolute atomic E-state index is 0. The van der Waals surface area contributed by atoms with Crippen LogP contribution in [0.3, 0.4) is 0 Å². The SMILES string of the molecule is Cc1ccc(N(C)C(=O)c2cccc(OC(=O)[C@@H]3CC(c4ccc(OC(F)F)c(OCC5CC5)c4)CN3C)n2)cc1.Cl. The number of hydrogen-bond donors (Lipinski definition) is 0. The maximum Gasteiger partial charge on any atom is 0.387 e. The van der Waals surface area contributed by atoms with Crippen LogP contribution in [0.1, 0.15) is 46.8 Å². The van der Waals surface area contributed by atoms with Crippen LogP contribution in [0.5, 0.6) is 17.4 Å². The molecule has 1 saturated heterocycles. The molecule has 1 unspecified atom stereocenters. The van der Waals surface area contributed by atoms with Crippen LogP contribution in [0.2, 0.25) is 0 Å². The van der Waals surface area contributed by atoms with E-state index < -0.39 is 18.6 Å². The second-order valence-corrected chi connectivity index (χ2v) is 10.7. The smallest absolute Gasteiger partial charge is 0.387 e. The molecule has 1 aliphatic heterocycles. The number of aryl methyl sites for hydroxylation is 1. The molecule has 2 heterocycles. The number of carbonyl (C=O) groups is 2. The van der Waals surface area contributed by atoms with E-state index in [2.05, 4.69) is 9.72 Å². The van der Waals surface area contributed by atoms with Gasteiger partial charge in [0.15, 0.2) is 11.5 Å². The maximum atomic E-state index is 13.2. The molecule has 224 valence electrons. The molecule has 1 aromatic heterocycles. The Bertz CT molecular complexity index is 1400. The van der Waals surface area contributed by atoms with E-state index in [1.807, 2.05) is 43.1 Å². The predicted molar refractivity (Wildman–Crippen MR) is 156 cm³/mol. The number of likely N-dealkylation sites (tertiary alicyclic amines) is 1. The molecule has 0 radical (unpaired) electrons. The molecular formula is C31H34ClF2N3O5. The van der Waals surface area contributed by atoms with Gasteiger partial charge in [0.1, 0.15) is 11.7 Å². The van der Waals surface area contributed by atoms with Gasteiger partial charge in [0.25, 0.3) is 5.91 Å². The van der Waals surface area contributed by atoms with Gasteiger partial charge in [-0.1, -0.05) is 29.8 Å². The summed E-state index contributed by atoms with van der Waals surface area (Å²) in [5.74, 6) is -0.0968. The lowest BCUT2D eigenvalue weighted by atomic mass is 9.96. The summed E-state index contributed by atoms with van der Waals surface area (Å²) in [4.78, 5) is 33.9. The number of likely N-dealkylation sites (N-methyl/N-ethyl adjacent to an activating group) is 1.